The summed E-state index contributed by atoms with van der Waals surface area (Å²) in [6, 6.07) is 2.11. The molecule has 0 bridgehead atoms. The van der Waals surface area contributed by atoms with Gasteiger partial charge in [-0.15, -0.1) is 34.9 Å². The number of aromatic hydroxyl groups is 2. The number of amides is 5. The fourth-order valence-corrected chi connectivity index (χ4v) is 9.44. The lowest BCUT2D eigenvalue weighted by Gasteiger charge is -2.49. The number of anilines is 1. The van der Waals surface area contributed by atoms with Gasteiger partial charge in [-0.3, -0.25) is 39.7 Å². The number of phenolic OH excluding ortho intramolecular Hbond substituents is 2. The molecule has 3 aromatic heterocycles. The number of fused-ring (bicyclic) bond motifs is 3. The Morgan fingerprint density at radius 2 is 1.90 bits per heavy atom. The number of nitrogens with one attached hydrogen (secondary N) is 3. The van der Waals surface area contributed by atoms with Crippen LogP contribution >= 0.6 is 34.9 Å². The molecule has 0 spiro atoms. The number of carbonyl (C=O) groups excluding carboxylic acids is 5. The minimum Gasteiger partial charge on any atom is -0.504 e. The molecule has 2 atom stereocenters. The third kappa shape index (κ3) is 7.43. The molecule has 1 aliphatic carbocycles. The minimum atomic E-state index is -1.82. The molecule has 0 unspecified atom stereocenters. The van der Waals surface area contributed by atoms with Crippen LogP contribution in [-0.2, 0) is 36.9 Å². The van der Waals surface area contributed by atoms with E-state index in [1.165, 1.54) is 59.5 Å². The minimum absolute atomic E-state index is 0.0427. The number of nitrogens with zero attached hydrogens (tertiary/aromatic N) is 6. The van der Waals surface area contributed by atoms with Crippen molar-refractivity contribution in [2.75, 3.05) is 17.2 Å². The van der Waals surface area contributed by atoms with E-state index >= 15 is 0 Å². The lowest BCUT2D eigenvalue weighted by atomic mass is 10.0. The highest BCUT2D eigenvalue weighted by Gasteiger charge is 2.54. The summed E-state index contributed by atoms with van der Waals surface area (Å²) in [5, 5.41) is 41.7. The zero-order chi connectivity index (χ0) is 41.6. The fourth-order valence-electron chi connectivity index (χ4n) is 6.22. The first-order valence-corrected chi connectivity index (χ1v) is 20.1. The molecule has 0 radical (unpaired) electrons. The van der Waals surface area contributed by atoms with Crippen molar-refractivity contribution in [3.63, 3.8) is 0 Å². The Kier molecular flexibility index (Phi) is 10.6. The Morgan fingerprint density at radius 3 is 2.59 bits per heavy atom. The van der Waals surface area contributed by atoms with Gasteiger partial charge in [-0.1, -0.05) is 5.16 Å². The van der Waals surface area contributed by atoms with Crippen LogP contribution in [0.3, 0.4) is 0 Å². The molecular formula is C34H33N11O10S3. The van der Waals surface area contributed by atoms with Crippen molar-refractivity contribution in [3.8, 4) is 11.5 Å². The number of rotatable bonds is 12. The third-order valence-electron chi connectivity index (χ3n) is 9.23. The van der Waals surface area contributed by atoms with E-state index in [0.29, 0.717) is 22.7 Å². The maximum atomic E-state index is 13.7. The molecule has 10 N–H and O–H groups in total. The number of aryl methyl sites for hydroxylation is 1. The molecule has 24 heteroatoms. The number of aromatic nitrogens is 4. The van der Waals surface area contributed by atoms with E-state index in [1.807, 2.05) is 0 Å². The van der Waals surface area contributed by atoms with Crippen molar-refractivity contribution in [1.82, 2.24) is 40.7 Å². The van der Waals surface area contributed by atoms with Crippen LogP contribution in [0.4, 0.5) is 5.13 Å². The molecule has 1 fully saturated rings. The number of primary amides is 1. The van der Waals surface area contributed by atoms with Crippen molar-refractivity contribution in [1.29, 1.82) is 0 Å². The topological polar surface area (TPSA) is 319 Å². The summed E-state index contributed by atoms with van der Waals surface area (Å²) in [5.74, 6) is -5.99. The summed E-state index contributed by atoms with van der Waals surface area (Å²) >= 11 is 3.55. The zero-order valence-electron chi connectivity index (χ0n) is 30.3. The smallest absolute Gasteiger partial charge is 0.352 e. The standard InChI is InChI=1S/C34H33N11O10S3/c1-34(2,32(54)42-41-26(49)13-6-7-19(46)20(47)8-13)55-43-21(18-12-58-33(36)39-18)27(50)40-22-28(51)44-23(31(52)53)14(11-57-30(22)44)10-56-29-15-4-3-5-17(15)38-25-16(24(35)48)9-37-45(25)29/h6-9,12,22,30,46-47H,3-5,10-11H2,1-2H3,(H2,35,48)(H2,36,39)(H,40,50)(H,41,49)(H,42,54)(H,52,53)/t22-,30-/m1/s1. The van der Waals surface area contributed by atoms with Crippen LogP contribution in [0.25, 0.3) is 5.65 Å². The lowest BCUT2D eigenvalue weighted by Crippen LogP contribution is -2.71. The molecule has 5 amide bonds. The number of hydrogen-bond acceptors (Lipinski definition) is 17. The van der Waals surface area contributed by atoms with Gasteiger partial charge in [0.15, 0.2) is 28.0 Å². The molecule has 58 heavy (non-hydrogen) atoms. The number of carboxylic acid groups (broad SMARTS) is 1. The summed E-state index contributed by atoms with van der Waals surface area (Å²) in [7, 11) is 0. The number of hydrogen-bond donors (Lipinski definition) is 8. The van der Waals surface area contributed by atoms with Crippen LogP contribution in [0.1, 0.15) is 57.9 Å². The van der Waals surface area contributed by atoms with Crippen molar-refractivity contribution in [2.24, 2.45) is 10.9 Å². The number of nitrogen functional groups attached to an aromatic ring is 1. The highest BCUT2D eigenvalue weighted by Crippen LogP contribution is 2.42. The zero-order valence-corrected chi connectivity index (χ0v) is 32.8. The number of oxime groups is 1. The highest BCUT2D eigenvalue weighted by atomic mass is 32.2. The van der Waals surface area contributed by atoms with E-state index in [0.717, 1.165) is 52.5 Å². The monoisotopic (exact) mass is 851 g/mol. The van der Waals surface area contributed by atoms with E-state index in [2.05, 4.69) is 36.4 Å². The second-order valence-electron chi connectivity index (χ2n) is 13.5. The number of phenols is 2. The average Bonchev–Trinajstić information content (AvgIpc) is 3.95. The third-order valence-corrected chi connectivity index (χ3v) is 12.4. The molecule has 4 aromatic rings. The number of thiazole rings is 1. The van der Waals surface area contributed by atoms with Gasteiger partial charge in [0.2, 0.25) is 5.60 Å². The van der Waals surface area contributed by atoms with Crippen LogP contribution in [0.15, 0.2) is 51.2 Å². The van der Waals surface area contributed by atoms with Gasteiger partial charge in [0.1, 0.15) is 33.4 Å². The first kappa shape index (κ1) is 39.8. The van der Waals surface area contributed by atoms with E-state index < -0.39 is 69.7 Å². The Labute approximate surface area is 339 Å². The second kappa shape index (κ2) is 15.5. The number of carbonyl (C=O) groups is 6. The highest BCUT2D eigenvalue weighted by molar-refractivity contribution is 8.01. The number of thioether (sulfide) groups is 2. The van der Waals surface area contributed by atoms with Crippen LogP contribution in [0.5, 0.6) is 11.5 Å². The quantitative estimate of drug-likeness (QED) is 0.0237. The van der Waals surface area contributed by atoms with Crippen molar-refractivity contribution in [2.45, 2.75) is 55.2 Å². The molecule has 3 aliphatic rings. The first-order valence-electron chi connectivity index (χ1n) is 17.2. The summed E-state index contributed by atoms with van der Waals surface area (Å²) in [4.78, 5) is 92.8. The normalized spacial score (nSPS) is 17.7. The first-order chi connectivity index (χ1) is 27.5. The maximum Gasteiger partial charge on any atom is 0.352 e. The van der Waals surface area contributed by atoms with Crippen LogP contribution < -0.4 is 27.6 Å². The second-order valence-corrected chi connectivity index (χ2v) is 16.4. The Balaban J connectivity index is 1.05. The molecule has 0 saturated carbocycles. The molecule has 2 aliphatic heterocycles. The van der Waals surface area contributed by atoms with Gasteiger partial charge in [0.05, 0.1) is 6.20 Å². The predicted octanol–water partition coefficient (Wildman–Crippen LogP) is 0.258. The Morgan fingerprint density at radius 1 is 1.12 bits per heavy atom. The van der Waals surface area contributed by atoms with Crippen LogP contribution in [0, 0.1) is 0 Å². The number of β-lactam (4-membered cyclic amide) rings is 1. The van der Waals surface area contributed by atoms with Crippen molar-refractivity contribution >= 4 is 86.9 Å². The Bertz CT molecular complexity index is 2500. The van der Waals surface area contributed by atoms with Crippen molar-refractivity contribution in [3.05, 3.63) is 69.1 Å². The molecule has 1 saturated heterocycles. The lowest BCUT2D eigenvalue weighted by molar-refractivity contribution is -0.150. The molecule has 5 heterocycles. The predicted molar refractivity (Wildman–Crippen MR) is 208 cm³/mol. The number of carboxylic acids is 1. The molecular weight excluding hydrogens is 819 g/mol. The molecule has 7 rings (SSSR count). The SMILES string of the molecule is CC(C)(ON=C(C(=O)N[C@@H]1C(=O)N2C(C(=O)O)=C(CSc3c4c(nc5c(C(N)=O)cnn35)CCC4)CS[C@H]12)c1csc(N)n1)C(=O)NNC(=O)c1ccc(O)c(O)c1. The molecule has 21 nitrogen and oxygen atoms in total. The van der Waals surface area contributed by atoms with Crippen LogP contribution in [0.2, 0.25) is 0 Å². The van der Waals surface area contributed by atoms with Gasteiger partial charge >= 0.3 is 5.97 Å². The summed E-state index contributed by atoms with van der Waals surface area (Å²) in [6.07, 6.45) is 3.63. The summed E-state index contributed by atoms with van der Waals surface area (Å²) < 4.78 is 1.53. The van der Waals surface area contributed by atoms with Crippen LogP contribution in [-0.4, -0.2) is 110 Å². The van der Waals surface area contributed by atoms with Crippen molar-refractivity contribution < 1.29 is 48.9 Å². The number of hydrazine groups is 1. The largest absolute Gasteiger partial charge is 0.504 e. The molecule has 302 valence electrons. The average molecular weight is 852 g/mol. The van der Waals surface area contributed by atoms with E-state index in [9.17, 15) is 44.1 Å². The van der Waals surface area contributed by atoms with Gasteiger partial charge in [-0.2, -0.15) is 5.10 Å². The maximum absolute atomic E-state index is 13.7. The van der Waals surface area contributed by atoms with Gasteiger partial charge in [0.25, 0.3) is 29.5 Å². The van der Waals surface area contributed by atoms with Gasteiger partial charge in [-0.25, -0.2) is 19.3 Å². The van der Waals surface area contributed by atoms with E-state index in [4.69, 9.17) is 16.3 Å². The van der Waals surface area contributed by atoms with Gasteiger partial charge < -0.3 is 36.9 Å². The van der Waals surface area contributed by atoms with E-state index in [-0.39, 0.29) is 39.2 Å². The number of benzene rings is 1. The summed E-state index contributed by atoms with van der Waals surface area (Å²) in [6.45, 7) is 2.57. The Hall–Kier alpha value is -6.40. The van der Waals surface area contributed by atoms with Gasteiger partial charge in [-0.05, 0) is 56.9 Å². The number of nitrogens with two attached hydrogens (primary N) is 2. The number of aliphatic carboxylic acids is 1. The summed E-state index contributed by atoms with van der Waals surface area (Å²) in [5.41, 5.74) is 15.8. The van der Waals surface area contributed by atoms with E-state index in [1.54, 1.807) is 0 Å². The molecule has 1 aromatic carbocycles. The van der Waals surface area contributed by atoms with Gasteiger partial charge in [0, 0.05) is 33.7 Å². The fraction of sp³-hybridized carbons (Fsp3) is 0.294.